The number of rotatable bonds is 7. The summed E-state index contributed by atoms with van der Waals surface area (Å²) in [5, 5.41) is 2.71. The number of unbranched alkanes of at least 4 members (excludes halogenated alkanes) is 2. The Morgan fingerprint density at radius 2 is 2.17 bits per heavy atom. The molecule has 0 saturated heterocycles. The second-order valence-electron chi connectivity index (χ2n) is 4.14. The van der Waals surface area contributed by atoms with Crippen molar-refractivity contribution in [2.75, 3.05) is 13.2 Å². The molecule has 18 heavy (non-hydrogen) atoms. The highest BCUT2D eigenvalue weighted by Crippen LogP contribution is 2.01. The van der Waals surface area contributed by atoms with Crippen LogP contribution >= 0.6 is 0 Å². The average Bonchev–Trinajstić information content (AvgIpc) is 2.78. The Bertz CT molecular complexity index is 399. The summed E-state index contributed by atoms with van der Waals surface area (Å²) in [6.45, 7) is 2.51. The molecule has 0 radical (unpaired) electrons. The van der Waals surface area contributed by atoms with Crippen LogP contribution in [0.15, 0.2) is 18.3 Å². The third kappa shape index (κ3) is 4.61. The fourth-order valence-electron chi connectivity index (χ4n) is 1.53. The van der Waals surface area contributed by atoms with Gasteiger partial charge in [-0.05, 0) is 18.6 Å². The molecular formula is C13H20N2O3. The molecule has 0 saturated carbocycles. The van der Waals surface area contributed by atoms with Gasteiger partial charge in [0.15, 0.2) is 6.61 Å². The number of esters is 1. The molecule has 100 valence electrons. The van der Waals surface area contributed by atoms with E-state index in [1.807, 2.05) is 0 Å². The molecule has 0 spiro atoms. The second-order valence-corrected chi connectivity index (χ2v) is 4.14. The summed E-state index contributed by atoms with van der Waals surface area (Å²) in [7, 11) is 1.75. The van der Waals surface area contributed by atoms with E-state index in [-0.39, 0.29) is 12.5 Å². The first-order valence-electron chi connectivity index (χ1n) is 6.20. The van der Waals surface area contributed by atoms with Crippen molar-refractivity contribution in [2.24, 2.45) is 7.05 Å². The van der Waals surface area contributed by atoms with Crippen molar-refractivity contribution < 1.29 is 14.3 Å². The van der Waals surface area contributed by atoms with E-state index in [0.717, 1.165) is 19.3 Å². The molecule has 0 aliphatic heterocycles. The molecule has 1 amide bonds. The molecule has 0 aromatic carbocycles. The predicted octanol–water partition coefficient (Wildman–Crippen LogP) is 1.49. The summed E-state index contributed by atoms with van der Waals surface area (Å²) in [6, 6.07) is 3.41. The van der Waals surface area contributed by atoms with Crippen LogP contribution in [0.25, 0.3) is 0 Å². The van der Waals surface area contributed by atoms with E-state index >= 15 is 0 Å². The molecule has 1 aromatic rings. The lowest BCUT2D eigenvalue weighted by Crippen LogP contribution is -2.29. The molecule has 0 aliphatic carbocycles. The topological polar surface area (TPSA) is 60.3 Å². The van der Waals surface area contributed by atoms with Gasteiger partial charge in [0.25, 0.3) is 5.91 Å². The lowest BCUT2D eigenvalue weighted by molar-refractivity contribution is -0.124. The second kappa shape index (κ2) is 7.53. The molecule has 0 atom stereocenters. The van der Waals surface area contributed by atoms with Gasteiger partial charge in [-0.2, -0.15) is 0 Å². The molecule has 1 aromatic heterocycles. The van der Waals surface area contributed by atoms with Gasteiger partial charge >= 0.3 is 5.97 Å². The summed E-state index contributed by atoms with van der Waals surface area (Å²) in [5.41, 5.74) is 0.439. The quantitative estimate of drug-likeness (QED) is 0.591. The van der Waals surface area contributed by atoms with Crippen LogP contribution in [0.2, 0.25) is 0 Å². The Hall–Kier alpha value is -1.78. The van der Waals surface area contributed by atoms with Crippen LogP contribution in [0.4, 0.5) is 0 Å². The third-order valence-corrected chi connectivity index (χ3v) is 2.59. The van der Waals surface area contributed by atoms with Gasteiger partial charge in [0, 0.05) is 19.8 Å². The lowest BCUT2D eigenvalue weighted by Gasteiger charge is -2.06. The highest BCUT2D eigenvalue weighted by molar-refractivity contribution is 5.89. The van der Waals surface area contributed by atoms with Crippen molar-refractivity contribution >= 4 is 11.9 Å². The summed E-state index contributed by atoms with van der Waals surface area (Å²) in [4.78, 5) is 23.0. The van der Waals surface area contributed by atoms with E-state index in [2.05, 4.69) is 12.2 Å². The van der Waals surface area contributed by atoms with Gasteiger partial charge in [-0.25, -0.2) is 4.79 Å². The number of hydrogen-bond donors (Lipinski definition) is 1. The Morgan fingerprint density at radius 3 is 2.78 bits per heavy atom. The van der Waals surface area contributed by atoms with Gasteiger partial charge in [0.1, 0.15) is 5.69 Å². The van der Waals surface area contributed by atoms with Crippen LogP contribution in [-0.2, 0) is 16.6 Å². The van der Waals surface area contributed by atoms with E-state index in [4.69, 9.17) is 4.74 Å². The first kappa shape index (κ1) is 14.3. The Kier molecular flexibility index (Phi) is 5.97. The van der Waals surface area contributed by atoms with Gasteiger partial charge in [-0.15, -0.1) is 0 Å². The predicted molar refractivity (Wildman–Crippen MR) is 68.2 cm³/mol. The van der Waals surface area contributed by atoms with E-state index in [9.17, 15) is 9.59 Å². The number of amides is 1. The van der Waals surface area contributed by atoms with Gasteiger partial charge in [0.05, 0.1) is 0 Å². The summed E-state index contributed by atoms with van der Waals surface area (Å²) < 4.78 is 6.57. The van der Waals surface area contributed by atoms with Crippen molar-refractivity contribution in [2.45, 2.75) is 26.2 Å². The molecule has 1 N–H and O–H groups in total. The molecule has 1 rings (SSSR count). The molecule has 0 bridgehead atoms. The van der Waals surface area contributed by atoms with Gasteiger partial charge < -0.3 is 14.6 Å². The van der Waals surface area contributed by atoms with Crippen LogP contribution in [0.3, 0.4) is 0 Å². The number of aromatic nitrogens is 1. The SMILES string of the molecule is CCCCCNC(=O)COC(=O)c1cccn1C. The van der Waals surface area contributed by atoms with Crippen LogP contribution in [0.1, 0.15) is 36.7 Å². The molecular weight excluding hydrogens is 232 g/mol. The number of carbonyl (C=O) groups is 2. The number of nitrogens with zero attached hydrogens (tertiary/aromatic N) is 1. The zero-order chi connectivity index (χ0) is 13.4. The van der Waals surface area contributed by atoms with E-state index < -0.39 is 5.97 Å². The standard InChI is InChI=1S/C13H20N2O3/c1-3-4-5-8-14-12(16)10-18-13(17)11-7-6-9-15(11)2/h6-7,9H,3-5,8,10H2,1-2H3,(H,14,16). The maximum absolute atomic E-state index is 11.6. The average molecular weight is 252 g/mol. The van der Waals surface area contributed by atoms with Crippen molar-refractivity contribution in [1.29, 1.82) is 0 Å². The first-order valence-corrected chi connectivity index (χ1v) is 6.20. The van der Waals surface area contributed by atoms with Crippen molar-refractivity contribution in [3.8, 4) is 0 Å². The summed E-state index contributed by atoms with van der Waals surface area (Å²) in [6.07, 6.45) is 4.90. The van der Waals surface area contributed by atoms with Crippen LogP contribution in [0.5, 0.6) is 0 Å². The van der Waals surface area contributed by atoms with Crippen LogP contribution < -0.4 is 5.32 Å². The molecule has 0 fully saturated rings. The number of aryl methyl sites for hydroxylation is 1. The zero-order valence-electron chi connectivity index (χ0n) is 10.9. The molecule has 5 nitrogen and oxygen atoms in total. The van der Waals surface area contributed by atoms with E-state index in [1.165, 1.54) is 0 Å². The monoisotopic (exact) mass is 252 g/mol. The minimum absolute atomic E-state index is 0.226. The van der Waals surface area contributed by atoms with E-state index in [1.54, 1.807) is 29.9 Å². The summed E-state index contributed by atoms with van der Waals surface area (Å²) >= 11 is 0. The summed E-state index contributed by atoms with van der Waals surface area (Å²) in [5.74, 6) is -0.736. The Morgan fingerprint density at radius 1 is 1.39 bits per heavy atom. The van der Waals surface area contributed by atoms with E-state index in [0.29, 0.717) is 12.2 Å². The minimum atomic E-state index is -0.480. The number of nitrogens with one attached hydrogen (secondary N) is 1. The number of hydrogen-bond acceptors (Lipinski definition) is 3. The highest BCUT2D eigenvalue weighted by Gasteiger charge is 2.12. The van der Waals surface area contributed by atoms with Gasteiger partial charge in [-0.3, -0.25) is 4.79 Å². The Labute approximate surface area is 107 Å². The van der Waals surface area contributed by atoms with Crippen molar-refractivity contribution in [3.63, 3.8) is 0 Å². The molecule has 0 aliphatic rings. The number of carbonyl (C=O) groups excluding carboxylic acids is 2. The maximum Gasteiger partial charge on any atom is 0.355 e. The Balaban J connectivity index is 2.22. The highest BCUT2D eigenvalue weighted by atomic mass is 16.5. The van der Waals surface area contributed by atoms with Crippen LogP contribution in [0, 0.1) is 0 Å². The maximum atomic E-state index is 11.6. The fraction of sp³-hybridized carbons (Fsp3) is 0.538. The third-order valence-electron chi connectivity index (χ3n) is 2.59. The fourth-order valence-corrected chi connectivity index (χ4v) is 1.53. The van der Waals surface area contributed by atoms with Crippen LogP contribution in [-0.4, -0.2) is 29.6 Å². The molecule has 0 unspecified atom stereocenters. The number of ether oxygens (including phenoxy) is 1. The van der Waals surface area contributed by atoms with Crippen molar-refractivity contribution in [3.05, 3.63) is 24.0 Å². The largest absolute Gasteiger partial charge is 0.451 e. The minimum Gasteiger partial charge on any atom is -0.451 e. The normalized spacial score (nSPS) is 10.1. The molecule has 5 heteroatoms. The van der Waals surface area contributed by atoms with Gasteiger partial charge in [-0.1, -0.05) is 19.8 Å². The lowest BCUT2D eigenvalue weighted by atomic mass is 10.2. The smallest absolute Gasteiger partial charge is 0.355 e. The zero-order valence-corrected chi connectivity index (χ0v) is 10.9. The van der Waals surface area contributed by atoms with Crippen molar-refractivity contribution in [1.82, 2.24) is 9.88 Å². The molecule has 1 heterocycles. The first-order chi connectivity index (χ1) is 8.65. The van der Waals surface area contributed by atoms with Gasteiger partial charge in [0.2, 0.25) is 0 Å².